The normalized spacial score (nSPS) is 17.0. The quantitative estimate of drug-likeness (QED) is 0.432. The molecule has 4 heterocycles. The number of rotatable bonds is 5. The molecule has 0 spiro atoms. The third kappa shape index (κ3) is 4.94. The van der Waals surface area contributed by atoms with Crippen LogP contribution in [0.15, 0.2) is 48.7 Å². The van der Waals surface area contributed by atoms with Crippen molar-refractivity contribution < 1.29 is 13.2 Å². The summed E-state index contributed by atoms with van der Waals surface area (Å²) in [6.45, 7) is 5.68. The average Bonchev–Trinajstić information content (AvgIpc) is 3.47. The first-order valence-corrected chi connectivity index (χ1v) is 12.9. The zero-order valence-corrected chi connectivity index (χ0v) is 20.8. The molecule has 192 valence electrons. The molecule has 6 rings (SSSR count). The summed E-state index contributed by atoms with van der Waals surface area (Å²) in [5, 5.41) is 5.84. The number of hydrogen-bond acceptors (Lipinski definition) is 7. The summed E-state index contributed by atoms with van der Waals surface area (Å²) < 4.78 is 46.6. The standard InChI is InChI=1S/C26H26F3N7S/c27-26(28,29)21-3-1-2-18(12-21)16-36-23-5-4-19(13-22(23)32-25(36)30)15-33-8-10-34(11-9-33)35-7-6-24-20(17-35)14-31-37-24/h1-6,12-14,17H,7-11,15-16H2,(H2,30,32). The van der Waals surface area contributed by atoms with Crippen LogP contribution in [0.4, 0.5) is 19.1 Å². The Morgan fingerprint density at radius 3 is 2.59 bits per heavy atom. The van der Waals surface area contributed by atoms with Crippen LogP contribution >= 0.6 is 11.5 Å². The van der Waals surface area contributed by atoms with Crippen molar-refractivity contribution in [2.45, 2.75) is 19.3 Å². The second kappa shape index (κ2) is 9.47. The van der Waals surface area contributed by atoms with E-state index in [1.54, 1.807) is 10.6 Å². The number of nitrogen functional groups attached to an aromatic ring is 1. The third-order valence-electron chi connectivity index (χ3n) is 6.93. The smallest absolute Gasteiger partial charge is 0.369 e. The molecule has 11 heteroatoms. The summed E-state index contributed by atoms with van der Waals surface area (Å²) in [7, 11) is 0. The van der Waals surface area contributed by atoms with Crippen LogP contribution in [0.3, 0.4) is 0 Å². The minimum atomic E-state index is -4.38. The Morgan fingerprint density at radius 1 is 0.973 bits per heavy atom. The summed E-state index contributed by atoms with van der Waals surface area (Å²) in [5.74, 6) is 0.289. The lowest BCUT2D eigenvalue weighted by Crippen LogP contribution is -2.53. The second-order valence-electron chi connectivity index (χ2n) is 9.41. The van der Waals surface area contributed by atoms with Crippen molar-refractivity contribution in [3.05, 3.63) is 75.1 Å². The van der Waals surface area contributed by atoms with Gasteiger partial charge in [-0.05, 0) is 53.0 Å². The lowest BCUT2D eigenvalue weighted by Gasteiger charge is -2.40. The van der Waals surface area contributed by atoms with Crippen molar-refractivity contribution in [2.24, 2.45) is 0 Å². The van der Waals surface area contributed by atoms with Crippen molar-refractivity contribution >= 4 is 40.8 Å². The summed E-state index contributed by atoms with van der Waals surface area (Å²) in [6, 6.07) is 11.4. The van der Waals surface area contributed by atoms with E-state index in [1.807, 2.05) is 18.3 Å². The summed E-state index contributed by atoms with van der Waals surface area (Å²) >= 11 is 1.53. The SMILES string of the molecule is Nc1nc2cc(CN3CCN(N4C=c5cnsc5=CC4)CC3)ccc2n1Cc1cccc(C(F)(F)F)c1. The van der Waals surface area contributed by atoms with Crippen molar-refractivity contribution in [1.29, 1.82) is 0 Å². The molecule has 37 heavy (non-hydrogen) atoms. The van der Waals surface area contributed by atoms with Gasteiger partial charge in [0.05, 0.1) is 40.4 Å². The molecule has 0 aliphatic carbocycles. The predicted molar refractivity (Wildman–Crippen MR) is 139 cm³/mol. The first-order chi connectivity index (χ1) is 17.8. The van der Waals surface area contributed by atoms with Crippen LogP contribution < -0.4 is 15.5 Å². The number of imidazole rings is 1. The monoisotopic (exact) mass is 525 g/mol. The Bertz CT molecular complexity index is 1550. The van der Waals surface area contributed by atoms with Crippen molar-refractivity contribution in [2.75, 3.05) is 38.5 Å². The number of nitrogens with two attached hydrogens (primary N) is 1. The number of benzene rings is 2. The molecule has 1 saturated heterocycles. The largest absolute Gasteiger partial charge is 0.416 e. The van der Waals surface area contributed by atoms with E-state index in [4.69, 9.17) is 5.73 Å². The number of hydrogen-bond donors (Lipinski definition) is 1. The zero-order chi connectivity index (χ0) is 25.6. The number of piperazine rings is 1. The van der Waals surface area contributed by atoms with Gasteiger partial charge in [0.2, 0.25) is 5.95 Å². The van der Waals surface area contributed by atoms with E-state index in [0.717, 1.165) is 68.0 Å². The molecular formula is C26H26F3N7S. The molecule has 0 saturated carbocycles. The molecule has 7 nitrogen and oxygen atoms in total. The molecule has 2 aromatic carbocycles. The average molecular weight is 526 g/mol. The molecule has 2 aromatic heterocycles. The van der Waals surface area contributed by atoms with Crippen LogP contribution in [0.25, 0.3) is 23.3 Å². The highest BCUT2D eigenvalue weighted by atomic mass is 32.1. The van der Waals surface area contributed by atoms with Crippen LogP contribution in [0.5, 0.6) is 0 Å². The molecule has 0 bridgehead atoms. The number of hydrazine groups is 1. The van der Waals surface area contributed by atoms with Crippen LogP contribution in [-0.2, 0) is 19.3 Å². The molecule has 2 N–H and O–H groups in total. The molecule has 4 aromatic rings. The third-order valence-corrected chi connectivity index (χ3v) is 7.74. The topological polar surface area (TPSA) is 66.5 Å². The van der Waals surface area contributed by atoms with Crippen LogP contribution in [0, 0.1) is 0 Å². The van der Waals surface area contributed by atoms with E-state index in [-0.39, 0.29) is 12.5 Å². The second-order valence-corrected chi connectivity index (χ2v) is 10.2. The fourth-order valence-corrected chi connectivity index (χ4v) is 5.63. The first-order valence-electron chi connectivity index (χ1n) is 12.1. The van der Waals surface area contributed by atoms with E-state index in [0.29, 0.717) is 5.56 Å². The van der Waals surface area contributed by atoms with Crippen molar-refractivity contribution in [3.8, 4) is 0 Å². The molecule has 0 amide bonds. The lowest BCUT2D eigenvalue weighted by molar-refractivity contribution is -0.137. The maximum atomic E-state index is 13.1. The Labute approximate surface area is 215 Å². The van der Waals surface area contributed by atoms with Gasteiger partial charge in [0.15, 0.2) is 0 Å². The molecular weight excluding hydrogens is 499 g/mol. The van der Waals surface area contributed by atoms with E-state index in [9.17, 15) is 13.2 Å². The van der Waals surface area contributed by atoms with Gasteiger partial charge in [-0.2, -0.15) is 17.5 Å². The van der Waals surface area contributed by atoms with Crippen LogP contribution in [0.1, 0.15) is 16.7 Å². The number of halogens is 3. The highest BCUT2D eigenvalue weighted by Crippen LogP contribution is 2.30. The number of anilines is 1. The summed E-state index contributed by atoms with van der Waals surface area (Å²) in [6.07, 6.45) is 1.95. The molecule has 0 unspecified atom stereocenters. The Balaban J connectivity index is 1.12. The van der Waals surface area contributed by atoms with Gasteiger partial charge in [0, 0.05) is 44.1 Å². The maximum Gasteiger partial charge on any atom is 0.416 e. The van der Waals surface area contributed by atoms with E-state index >= 15 is 0 Å². The van der Waals surface area contributed by atoms with Gasteiger partial charge < -0.3 is 15.3 Å². The van der Waals surface area contributed by atoms with Gasteiger partial charge in [-0.25, -0.2) is 9.99 Å². The first kappa shape index (κ1) is 24.0. The minimum Gasteiger partial charge on any atom is -0.369 e. The number of fused-ring (bicyclic) bond motifs is 2. The highest BCUT2D eigenvalue weighted by molar-refractivity contribution is 7.03. The van der Waals surface area contributed by atoms with Crippen LogP contribution in [0.2, 0.25) is 0 Å². The predicted octanol–water partition coefficient (Wildman–Crippen LogP) is 2.71. The van der Waals surface area contributed by atoms with Gasteiger partial charge in [-0.15, -0.1) is 0 Å². The number of nitrogens with zero attached hydrogens (tertiary/aromatic N) is 6. The minimum absolute atomic E-state index is 0.224. The Hall–Kier alpha value is -3.41. The lowest BCUT2D eigenvalue weighted by atomic mass is 10.1. The summed E-state index contributed by atoms with van der Waals surface area (Å²) in [4.78, 5) is 6.92. The number of alkyl halides is 3. The molecule has 1 fully saturated rings. The van der Waals surface area contributed by atoms with Crippen molar-refractivity contribution in [1.82, 2.24) is 28.8 Å². The molecule has 2 aliphatic rings. The van der Waals surface area contributed by atoms with E-state index in [1.165, 1.54) is 27.3 Å². The van der Waals surface area contributed by atoms with E-state index in [2.05, 4.69) is 42.6 Å². The van der Waals surface area contributed by atoms with Gasteiger partial charge in [0.1, 0.15) is 0 Å². The Morgan fingerprint density at radius 2 is 1.78 bits per heavy atom. The zero-order valence-electron chi connectivity index (χ0n) is 20.0. The number of aromatic nitrogens is 3. The van der Waals surface area contributed by atoms with E-state index < -0.39 is 11.7 Å². The van der Waals surface area contributed by atoms with Gasteiger partial charge in [0.25, 0.3) is 0 Å². The van der Waals surface area contributed by atoms with Gasteiger partial charge in [-0.1, -0.05) is 18.2 Å². The molecule has 0 radical (unpaired) electrons. The summed E-state index contributed by atoms with van der Waals surface area (Å²) in [5.41, 5.74) is 8.72. The molecule has 2 aliphatic heterocycles. The fraction of sp³-hybridized carbons (Fsp3) is 0.308. The van der Waals surface area contributed by atoms with Crippen LogP contribution in [-0.4, -0.2) is 61.6 Å². The fourth-order valence-electron chi connectivity index (χ4n) is 4.99. The highest BCUT2D eigenvalue weighted by Gasteiger charge is 2.30. The maximum absolute atomic E-state index is 13.1. The molecule has 0 atom stereocenters. The van der Waals surface area contributed by atoms with Gasteiger partial charge in [-0.3, -0.25) is 4.90 Å². The Kier molecular flexibility index (Phi) is 6.13. The van der Waals surface area contributed by atoms with Crippen molar-refractivity contribution in [3.63, 3.8) is 0 Å². The van der Waals surface area contributed by atoms with Gasteiger partial charge >= 0.3 is 6.18 Å².